The van der Waals surface area contributed by atoms with Crippen molar-refractivity contribution in [3.05, 3.63) is 69.5 Å². The molecule has 4 heteroatoms. The van der Waals surface area contributed by atoms with Crippen molar-refractivity contribution in [2.24, 2.45) is 0 Å². The Labute approximate surface area is 134 Å². The Balaban J connectivity index is 2.23. The Hall–Kier alpha value is -1.09. The summed E-state index contributed by atoms with van der Waals surface area (Å²) in [5.41, 5.74) is 1.14. The lowest BCUT2D eigenvalue weighted by atomic mass is 9.77. The molecule has 0 aliphatic rings. The number of halogens is 3. The minimum absolute atomic E-state index is 0.290. The monoisotopic (exact) mass is 326 g/mol. The van der Waals surface area contributed by atoms with Gasteiger partial charge in [-0.25, -0.2) is 4.39 Å². The topological polar surface area (TPSA) is 20.2 Å². The molecule has 1 unspecified atom stereocenters. The summed E-state index contributed by atoms with van der Waals surface area (Å²) < 4.78 is 13.0. The molecule has 21 heavy (non-hydrogen) atoms. The van der Waals surface area contributed by atoms with Crippen molar-refractivity contribution in [1.29, 1.82) is 0 Å². The highest BCUT2D eigenvalue weighted by atomic mass is 35.5. The Bertz CT molecular complexity index is 623. The van der Waals surface area contributed by atoms with Crippen LogP contribution in [-0.2, 0) is 11.8 Å². The van der Waals surface area contributed by atoms with Gasteiger partial charge in [-0.15, -0.1) is 0 Å². The van der Waals surface area contributed by atoms with E-state index in [2.05, 4.69) is 0 Å². The van der Waals surface area contributed by atoms with Crippen LogP contribution in [0.25, 0.3) is 0 Å². The van der Waals surface area contributed by atoms with E-state index in [-0.39, 0.29) is 5.82 Å². The molecule has 1 nitrogen and oxygen atoms in total. The van der Waals surface area contributed by atoms with E-state index in [0.717, 1.165) is 11.1 Å². The van der Waals surface area contributed by atoms with Gasteiger partial charge in [0.15, 0.2) is 0 Å². The summed E-state index contributed by atoms with van der Waals surface area (Å²) in [5.74, 6) is -0.290. The molecule has 0 heterocycles. The molecule has 0 aromatic heterocycles. The summed E-state index contributed by atoms with van der Waals surface area (Å²) >= 11 is 12.1. The maximum atomic E-state index is 13.0. The molecule has 2 aromatic carbocycles. The van der Waals surface area contributed by atoms with Crippen molar-refractivity contribution in [3.63, 3.8) is 0 Å². The average molecular weight is 327 g/mol. The molecular weight excluding hydrogens is 310 g/mol. The molecule has 0 fully saturated rings. The Kier molecular flexibility index (Phi) is 4.92. The van der Waals surface area contributed by atoms with E-state index in [4.69, 9.17) is 23.2 Å². The van der Waals surface area contributed by atoms with Crippen LogP contribution in [0.15, 0.2) is 42.5 Å². The minimum atomic E-state index is -0.668. The molecule has 0 radical (unpaired) electrons. The molecule has 0 aliphatic heterocycles. The van der Waals surface area contributed by atoms with Crippen molar-refractivity contribution in [1.82, 2.24) is 0 Å². The normalized spacial score (nSPS) is 13.2. The zero-order valence-electron chi connectivity index (χ0n) is 11.9. The van der Waals surface area contributed by atoms with Crippen LogP contribution in [0.1, 0.15) is 25.0 Å². The van der Waals surface area contributed by atoms with E-state index in [1.807, 2.05) is 13.8 Å². The first-order valence-electron chi connectivity index (χ1n) is 6.69. The third-order valence-corrected chi connectivity index (χ3v) is 4.45. The van der Waals surface area contributed by atoms with Crippen LogP contribution < -0.4 is 0 Å². The van der Waals surface area contributed by atoms with E-state index >= 15 is 0 Å². The fourth-order valence-electron chi connectivity index (χ4n) is 2.24. The Morgan fingerprint density at radius 3 is 2.33 bits per heavy atom. The molecule has 2 rings (SSSR count). The lowest BCUT2D eigenvalue weighted by Gasteiger charge is -2.31. The van der Waals surface area contributed by atoms with Crippen LogP contribution in [0.2, 0.25) is 10.0 Å². The zero-order chi connectivity index (χ0) is 15.6. The van der Waals surface area contributed by atoms with Crippen LogP contribution >= 0.6 is 23.2 Å². The summed E-state index contributed by atoms with van der Waals surface area (Å²) in [7, 11) is 0. The summed E-state index contributed by atoms with van der Waals surface area (Å²) in [5, 5.41) is 11.7. The second-order valence-electron chi connectivity index (χ2n) is 5.68. The van der Waals surface area contributed by atoms with Gasteiger partial charge in [0.1, 0.15) is 5.82 Å². The van der Waals surface area contributed by atoms with Crippen LogP contribution in [0.5, 0.6) is 0 Å². The van der Waals surface area contributed by atoms with Crippen molar-refractivity contribution >= 4 is 23.2 Å². The third kappa shape index (κ3) is 3.76. The van der Waals surface area contributed by atoms with E-state index in [9.17, 15) is 9.50 Å². The van der Waals surface area contributed by atoms with Gasteiger partial charge in [-0.1, -0.05) is 49.2 Å². The van der Waals surface area contributed by atoms with Gasteiger partial charge >= 0.3 is 0 Å². The second kappa shape index (κ2) is 6.35. The SMILES string of the molecule is CC(C)(c1ccc(F)cc1)C(O)Cc1cc(Cl)ccc1Cl. The van der Waals surface area contributed by atoms with Gasteiger partial charge in [-0.05, 0) is 41.5 Å². The fourth-order valence-corrected chi connectivity index (χ4v) is 2.62. The zero-order valence-corrected chi connectivity index (χ0v) is 13.4. The first-order chi connectivity index (χ1) is 9.80. The molecule has 1 N–H and O–H groups in total. The molecule has 0 amide bonds. The first kappa shape index (κ1) is 16.3. The van der Waals surface area contributed by atoms with E-state index < -0.39 is 11.5 Å². The molecule has 0 saturated carbocycles. The molecule has 0 saturated heterocycles. The van der Waals surface area contributed by atoms with Crippen molar-refractivity contribution < 1.29 is 9.50 Å². The Morgan fingerprint density at radius 2 is 1.71 bits per heavy atom. The quantitative estimate of drug-likeness (QED) is 0.836. The predicted molar refractivity (Wildman–Crippen MR) is 85.6 cm³/mol. The lowest BCUT2D eigenvalue weighted by Crippen LogP contribution is -2.35. The highest BCUT2D eigenvalue weighted by molar-refractivity contribution is 6.33. The van der Waals surface area contributed by atoms with Gasteiger partial charge in [0, 0.05) is 21.9 Å². The number of hydrogen-bond acceptors (Lipinski definition) is 1. The average Bonchev–Trinajstić information content (AvgIpc) is 2.43. The molecular formula is C17H17Cl2FO. The van der Waals surface area contributed by atoms with Crippen LogP contribution in [0.4, 0.5) is 4.39 Å². The number of benzene rings is 2. The molecule has 112 valence electrons. The summed E-state index contributed by atoms with van der Waals surface area (Å²) in [6, 6.07) is 11.4. The lowest BCUT2D eigenvalue weighted by molar-refractivity contribution is 0.1000. The Morgan fingerprint density at radius 1 is 1.10 bits per heavy atom. The third-order valence-electron chi connectivity index (χ3n) is 3.84. The summed E-state index contributed by atoms with van der Waals surface area (Å²) in [6.07, 6.45) is -0.289. The summed E-state index contributed by atoms with van der Waals surface area (Å²) in [6.45, 7) is 3.84. The number of rotatable bonds is 4. The molecule has 0 bridgehead atoms. The molecule has 0 spiro atoms. The first-order valence-corrected chi connectivity index (χ1v) is 7.44. The van der Waals surface area contributed by atoms with Gasteiger partial charge in [0.05, 0.1) is 6.10 Å². The maximum Gasteiger partial charge on any atom is 0.123 e. The smallest absolute Gasteiger partial charge is 0.123 e. The highest BCUT2D eigenvalue weighted by Gasteiger charge is 2.30. The second-order valence-corrected chi connectivity index (χ2v) is 6.53. The van der Waals surface area contributed by atoms with Gasteiger partial charge in [0.25, 0.3) is 0 Å². The van der Waals surface area contributed by atoms with Crippen molar-refractivity contribution in [2.45, 2.75) is 31.8 Å². The van der Waals surface area contributed by atoms with Gasteiger partial charge in [0.2, 0.25) is 0 Å². The van der Waals surface area contributed by atoms with Crippen molar-refractivity contribution in [3.8, 4) is 0 Å². The van der Waals surface area contributed by atoms with Gasteiger partial charge < -0.3 is 5.11 Å². The molecule has 0 aliphatic carbocycles. The van der Waals surface area contributed by atoms with E-state index in [1.54, 1.807) is 30.3 Å². The number of aliphatic hydroxyl groups is 1. The van der Waals surface area contributed by atoms with Gasteiger partial charge in [-0.2, -0.15) is 0 Å². The minimum Gasteiger partial charge on any atom is -0.392 e. The maximum absolute atomic E-state index is 13.0. The molecule has 1 atom stereocenters. The number of hydrogen-bond donors (Lipinski definition) is 1. The molecule has 2 aromatic rings. The van der Waals surface area contributed by atoms with E-state index in [1.165, 1.54) is 12.1 Å². The van der Waals surface area contributed by atoms with Crippen LogP contribution in [0.3, 0.4) is 0 Å². The van der Waals surface area contributed by atoms with Crippen LogP contribution in [0, 0.1) is 5.82 Å². The van der Waals surface area contributed by atoms with Crippen LogP contribution in [-0.4, -0.2) is 11.2 Å². The number of aliphatic hydroxyl groups excluding tert-OH is 1. The summed E-state index contributed by atoms with van der Waals surface area (Å²) in [4.78, 5) is 0. The fraction of sp³-hybridized carbons (Fsp3) is 0.294. The van der Waals surface area contributed by atoms with Gasteiger partial charge in [-0.3, -0.25) is 0 Å². The standard InChI is InChI=1S/C17H17Cl2FO/c1-17(2,12-3-6-14(20)7-4-12)16(21)10-11-9-13(18)5-8-15(11)19/h3-9,16,21H,10H2,1-2H3. The largest absolute Gasteiger partial charge is 0.392 e. The van der Waals surface area contributed by atoms with Crippen molar-refractivity contribution in [2.75, 3.05) is 0 Å². The van der Waals surface area contributed by atoms with E-state index in [0.29, 0.717) is 16.5 Å². The predicted octanol–water partition coefficient (Wildman–Crippen LogP) is 5.01. The highest BCUT2D eigenvalue weighted by Crippen LogP contribution is 2.31.